The maximum absolute atomic E-state index is 14.6. The Bertz CT molecular complexity index is 1270. The van der Waals surface area contributed by atoms with Crippen molar-refractivity contribution in [2.75, 3.05) is 5.73 Å². The average Bonchev–Trinajstić information content (AvgIpc) is 3.41. The molecular formula is C19H16F4N8O. The van der Waals surface area contributed by atoms with Gasteiger partial charge in [0.1, 0.15) is 11.6 Å². The van der Waals surface area contributed by atoms with Crippen LogP contribution in [0.2, 0.25) is 0 Å². The lowest BCUT2D eigenvalue weighted by molar-refractivity contribution is 0.116. The number of alkyl halides is 2. The molecule has 0 aliphatic rings. The van der Waals surface area contributed by atoms with Crippen molar-refractivity contribution < 1.29 is 22.0 Å². The Balaban J connectivity index is 1.59. The van der Waals surface area contributed by atoms with Crippen molar-refractivity contribution in [3.63, 3.8) is 0 Å². The monoisotopic (exact) mass is 448 g/mol. The maximum atomic E-state index is 14.6. The number of aromatic nitrogens is 7. The summed E-state index contributed by atoms with van der Waals surface area (Å²) in [6, 6.07) is 5.00. The lowest BCUT2D eigenvalue weighted by Gasteiger charge is -2.19. The number of hydrogen-bond acceptors (Lipinski definition) is 8. The highest BCUT2D eigenvalue weighted by molar-refractivity contribution is 5.54. The van der Waals surface area contributed by atoms with Crippen molar-refractivity contribution in [1.82, 2.24) is 35.4 Å². The van der Waals surface area contributed by atoms with Crippen LogP contribution in [0.1, 0.15) is 43.2 Å². The summed E-state index contributed by atoms with van der Waals surface area (Å²) >= 11 is 0. The number of nitrogens with zero attached hydrogens (tertiary/aromatic N) is 7. The number of rotatable bonds is 6. The van der Waals surface area contributed by atoms with E-state index in [0.717, 1.165) is 16.9 Å². The Morgan fingerprint density at radius 1 is 1.09 bits per heavy atom. The summed E-state index contributed by atoms with van der Waals surface area (Å²) in [5.74, 6) is -3.01. The predicted octanol–water partition coefficient (Wildman–Crippen LogP) is 3.29. The highest BCUT2D eigenvalue weighted by Crippen LogP contribution is 2.29. The molecule has 0 radical (unpaired) electrons. The van der Waals surface area contributed by atoms with Gasteiger partial charge in [-0.05, 0) is 43.3 Å². The third-order valence-electron chi connectivity index (χ3n) is 4.74. The fraction of sp³-hybridized carbons (Fsp3) is 0.263. The molecule has 32 heavy (non-hydrogen) atoms. The summed E-state index contributed by atoms with van der Waals surface area (Å²) in [5.41, 5.74) is 5.67. The third-order valence-corrected chi connectivity index (χ3v) is 4.74. The number of tetrazole rings is 1. The zero-order valence-electron chi connectivity index (χ0n) is 16.8. The molecular weight excluding hydrogens is 432 g/mol. The smallest absolute Gasteiger partial charge is 0.314 e. The van der Waals surface area contributed by atoms with Gasteiger partial charge in [0.05, 0.1) is 23.2 Å². The van der Waals surface area contributed by atoms with Gasteiger partial charge in [0, 0.05) is 17.4 Å². The Morgan fingerprint density at radius 2 is 1.88 bits per heavy atom. The molecule has 0 spiro atoms. The molecule has 9 nitrogen and oxygen atoms in total. The molecule has 166 valence electrons. The fourth-order valence-corrected chi connectivity index (χ4v) is 2.92. The summed E-state index contributed by atoms with van der Waals surface area (Å²) in [4.78, 5) is 5.38. The Labute approximate surface area is 178 Å². The fourth-order valence-electron chi connectivity index (χ4n) is 2.92. The number of hydrogen-bond donors (Lipinski definition) is 1. The molecule has 0 aliphatic carbocycles. The number of nitrogens with two attached hydrogens (primary N) is 1. The zero-order chi connectivity index (χ0) is 23.0. The first-order valence-corrected chi connectivity index (χ1v) is 9.25. The van der Waals surface area contributed by atoms with Gasteiger partial charge < -0.3 is 10.2 Å². The zero-order valence-corrected chi connectivity index (χ0v) is 16.8. The molecule has 1 aromatic carbocycles. The maximum Gasteiger partial charge on any atom is 0.314 e. The van der Waals surface area contributed by atoms with Crippen LogP contribution in [0.15, 0.2) is 34.9 Å². The van der Waals surface area contributed by atoms with Gasteiger partial charge in [-0.3, -0.25) is 4.98 Å². The second kappa shape index (κ2) is 7.98. The van der Waals surface area contributed by atoms with E-state index in [1.807, 2.05) is 13.8 Å². The van der Waals surface area contributed by atoms with E-state index in [1.54, 1.807) is 18.3 Å². The van der Waals surface area contributed by atoms with E-state index >= 15 is 0 Å². The third kappa shape index (κ3) is 4.00. The molecule has 0 amide bonds. The molecule has 0 aliphatic heterocycles. The molecule has 2 N–H and O–H groups in total. The molecule has 3 aromatic heterocycles. The normalized spacial score (nSPS) is 12.0. The summed E-state index contributed by atoms with van der Waals surface area (Å²) in [6.45, 7) is 3.41. The quantitative estimate of drug-likeness (QED) is 0.446. The molecule has 4 rings (SSSR count). The van der Waals surface area contributed by atoms with Gasteiger partial charge >= 0.3 is 6.43 Å². The van der Waals surface area contributed by atoms with E-state index in [0.29, 0.717) is 17.2 Å². The summed E-state index contributed by atoms with van der Waals surface area (Å²) in [5, 5.41) is 18.6. The number of pyridine rings is 1. The summed E-state index contributed by atoms with van der Waals surface area (Å²) in [6.07, 6.45) is -1.47. The Kier molecular flexibility index (Phi) is 5.32. The lowest BCUT2D eigenvalue weighted by atomic mass is 9.88. The van der Waals surface area contributed by atoms with E-state index < -0.39 is 40.8 Å². The largest absolute Gasteiger partial charge is 0.415 e. The van der Waals surface area contributed by atoms with Crippen LogP contribution in [-0.4, -0.2) is 35.4 Å². The number of nitrogen functional groups attached to an aromatic ring is 1. The molecule has 4 aromatic rings. The predicted molar refractivity (Wildman–Crippen MR) is 102 cm³/mol. The van der Waals surface area contributed by atoms with Gasteiger partial charge in [0.2, 0.25) is 0 Å². The molecule has 0 fully saturated rings. The van der Waals surface area contributed by atoms with Crippen molar-refractivity contribution in [3.05, 3.63) is 65.1 Å². The van der Waals surface area contributed by atoms with Crippen molar-refractivity contribution in [2.24, 2.45) is 0 Å². The van der Waals surface area contributed by atoms with Crippen molar-refractivity contribution >= 4 is 5.69 Å². The lowest BCUT2D eigenvalue weighted by Crippen LogP contribution is -2.23. The van der Waals surface area contributed by atoms with Crippen LogP contribution in [0.3, 0.4) is 0 Å². The van der Waals surface area contributed by atoms with E-state index in [-0.39, 0.29) is 12.1 Å². The Morgan fingerprint density at radius 3 is 2.56 bits per heavy atom. The average molecular weight is 448 g/mol. The summed E-state index contributed by atoms with van der Waals surface area (Å²) < 4.78 is 59.0. The van der Waals surface area contributed by atoms with E-state index in [4.69, 9.17) is 5.73 Å². The van der Waals surface area contributed by atoms with Gasteiger partial charge in [-0.15, -0.1) is 20.4 Å². The van der Waals surface area contributed by atoms with Crippen molar-refractivity contribution in [1.29, 1.82) is 0 Å². The Hall–Kier alpha value is -3.90. The van der Waals surface area contributed by atoms with Gasteiger partial charge in [0.25, 0.3) is 11.8 Å². The molecule has 0 bridgehead atoms. The number of halogens is 4. The second-order valence-electron chi connectivity index (χ2n) is 7.41. The van der Waals surface area contributed by atoms with Crippen LogP contribution < -0.4 is 5.73 Å². The van der Waals surface area contributed by atoms with Crippen LogP contribution in [-0.2, 0) is 12.0 Å². The van der Waals surface area contributed by atoms with Crippen LogP contribution >= 0.6 is 0 Å². The van der Waals surface area contributed by atoms with Gasteiger partial charge in [-0.1, -0.05) is 0 Å². The molecule has 0 saturated heterocycles. The first kappa shape index (κ1) is 21.3. The minimum atomic E-state index is -3.03. The van der Waals surface area contributed by atoms with Crippen LogP contribution in [0.5, 0.6) is 0 Å². The molecule has 0 unspecified atom stereocenters. The highest BCUT2D eigenvalue weighted by atomic mass is 19.3. The molecule has 3 heterocycles. The molecule has 0 atom stereocenters. The van der Waals surface area contributed by atoms with E-state index in [2.05, 4.69) is 35.0 Å². The molecule has 13 heteroatoms. The molecule has 0 saturated carbocycles. The van der Waals surface area contributed by atoms with Crippen LogP contribution in [0.4, 0.5) is 23.2 Å². The van der Waals surface area contributed by atoms with Crippen LogP contribution in [0.25, 0.3) is 11.5 Å². The second-order valence-corrected chi connectivity index (χ2v) is 7.41. The van der Waals surface area contributed by atoms with Gasteiger partial charge in [0.15, 0.2) is 5.82 Å². The SMILES string of the molecule is CC(C)(c1cc(N)ccn1)c1nnn(Cc2cc(F)c(-c3nnc(C(F)F)o3)cc2F)n1. The van der Waals surface area contributed by atoms with Crippen molar-refractivity contribution in [3.8, 4) is 11.5 Å². The standard InChI is InChI=1S/C19H16F4N8O/c1-19(2,14-6-10(24)3-4-25-14)18-28-30-31(29-18)8-9-5-13(21)11(7-12(9)20)16-26-27-17(32-16)15(22)23/h3-7,15H,8H2,1-2H3,(H2,24,25). The number of benzene rings is 1. The first-order valence-electron chi connectivity index (χ1n) is 9.25. The first-order chi connectivity index (χ1) is 15.1. The van der Waals surface area contributed by atoms with Gasteiger partial charge in [-0.25, -0.2) is 8.78 Å². The highest BCUT2D eigenvalue weighted by Gasteiger charge is 2.30. The minimum Gasteiger partial charge on any atom is -0.415 e. The van der Waals surface area contributed by atoms with E-state index in [9.17, 15) is 17.6 Å². The van der Waals surface area contributed by atoms with Crippen molar-refractivity contribution in [2.45, 2.75) is 32.2 Å². The number of anilines is 1. The van der Waals surface area contributed by atoms with Crippen LogP contribution in [0, 0.1) is 11.6 Å². The summed E-state index contributed by atoms with van der Waals surface area (Å²) in [7, 11) is 0. The van der Waals surface area contributed by atoms with Gasteiger partial charge in [-0.2, -0.15) is 13.6 Å². The topological polar surface area (TPSA) is 121 Å². The minimum absolute atomic E-state index is 0.0938. The van der Waals surface area contributed by atoms with E-state index in [1.165, 1.54) is 0 Å².